The van der Waals surface area contributed by atoms with Gasteiger partial charge in [0.15, 0.2) is 0 Å². The van der Waals surface area contributed by atoms with Crippen LogP contribution in [0.15, 0.2) is 6.33 Å². The van der Waals surface area contributed by atoms with Crippen LogP contribution in [0.2, 0.25) is 0 Å². The molecule has 3 aliphatic heterocycles. The van der Waals surface area contributed by atoms with Crippen LogP contribution in [-0.4, -0.2) is 73.4 Å². The quantitative estimate of drug-likeness (QED) is 0.760. The summed E-state index contributed by atoms with van der Waals surface area (Å²) in [7, 11) is 0. The van der Waals surface area contributed by atoms with E-state index in [9.17, 15) is 4.79 Å². The molecule has 1 amide bonds. The summed E-state index contributed by atoms with van der Waals surface area (Å²) in [6.07, 6.45) is 3.33. The molecule has 4 aliphatic rings. The molecule has 5 rings (SSSR count). The summed E-state index contributed by atoms with van der Waals surface area (Å²) in [5.74, 6) is 2.52. The third-order valence-electron chi connectivity index (χ3n) is 6.12. The standard InChI is InChI=1S/C18H24N4O3/c23-18(16-13-9-25-10-14(13)16)22-3-1-12-15(2-4-22)19-11-20-17(12)21-5-7-24-8-6-21/h11,13-14,16H,1-10H2/t13-,14+,16?. The molecule has 0 radical (unpaired) electrons. The first-order chi connectivity index (χ1) is 12.3. The van der Waals surface area contributed by atoms with E-state index in [0.29, 0.717) is 17.7 Å². The van der Waals surface area contributed by atoms with Crippen LogP contribution in [0.1, 0.15) is 11.3 Å². The van der Waals surface area contributed by atoms with E-state index in [0.717, 1.165) is 77.0 Å². The third-order valence-corrected chi connectivity index (χ3v) is 6.12. The Kier molecular flexibility index (Phi) is 3.86. The lowest BCUT2D eigenvalue weighted by Crippen LogP contribution is -2.38. The van der Waals surface area contributed by atoms with Gasteiger partial charge in [-0.15, -0.1) is 0 Å². The van der Waals surface area contributed by atoms with Gasteiger partial charge in [0.05, 0.1) is 32.1 Å². The average molecular weight is 344 g/mol. The van der Waals surface area contributed by atoms with Crippen LogP contribution < -0.4 is 4.90 Å². The van der Waals surface area contributed by atoms with Gasteiger partial charge in [0.2, 0.25) is 5.91 Å². The summed E-state index contributed by atoms with van der Waals surface area (Å²) in [6.45, 7) is 6.31. The number of anilines is 1. The zero-order chi connectivity index (χ0) is 16.8. The first-order valence-corrected chi connectivity index (χ1v) is 9.35. The molecule has 3 atom stereocenters. The van der Waals surface area contributed by atoms with Crippen LogP contribution >= 0.6 is 0 Å². The first-order valence-electron chi connectivity index (χ1n) is 9.35. The highest BCUT2D eigenvalue weighted by Gasteiger charge is 2.58. The van der Waals surface area contributed by atoms with Crippen molar-refractivity contribution in [3.63, 3.8) is 0 Å². The first kappa shape index (κ1) is 15.5. The van der Waals surface area contributed by atoms with E-state index in [-0.39, 0.29) is 5.92 Å². The molecule has 7 nitrogen and oxygen atoms in total. The second-order valence-corrected chi connectivity index (χ2v) is 7.44. The van der Waals surface area contributed by atoms with Crippen molar-refractivity contribution in [2.45, 2.75) is 12.8 Å². The fourth-order valence-corrected chi connectivity index (χ4v) is 4.59. The Bertz CT molecular complexity index is 666. The zero-order valence-electron chi connectivity index (χ0n) is 14.4. The topological polar surface area (TPSA) is 67.8 Å². The van der Waals surface area contributed by atoms with Crippen LogP contribution in [0.4, 0.5) is 5.82 Å². The van der Waals surface area contributed by atoms with Crippen LogP contribution in [0.3, 0.4) is 0 Å². The molecule has 1 aliphatic carbocycles. The molecule has 2 saturated heterocycles. The average Bonchev–Trinajstić information content (AvgIpc) is 3.24. The van der Waals surface area contributed by atoms with E-state index in [1.165, 1.54) is 5.56 Å². The number of carbonyl (C=O) groups excluding carboxylic acids is 1. The van der Waals surface area contributed by atoms with Crippen molar-refractivity contribution in [2.75, 3.05) is 57.5 Å². The maximum atomic E-state index is 12.9. The summed E-state index contributed by atoms with van der Waals surface area (Å²) in [6, 6.07) is 0. The summed E-state index contributed by atoms with van der Waals surface area (Å²) in [5, 5.41) is 0. The van der Waals surface area contributed by atoms with Gasteiger partial charge in [-0.2, -0.15) is 0 Å². The number of fused-ring (bicyclic) bond motifs is 2. The molecule has 1 aromatic rings. The number of ether oxygens (including phenoxy) is 2. The molecule has 1 unspecified atom stereocenters. The Morgan fingerprint density at radius 2 is 1.76 bits per heavy atom. The Morgan fingerprint density at radius 1 is 1.00 bits per heavy atom. The van der Waals surface area contributed by atoms with Gasteiger partial charge in [0.25, 0.3) is 0 Å². The number of morpholine rings is 1. The van der Waals surface area contributed by atoms with Gasteiger partial charge in [-0.3, -0.25) is 4.79 Å². The molecule has 7 heteroatoms. The largest absolute Gasteiger partial charge is 0.381 e. The number of amides is 1. The van der Waals surface area contributed by atoms with Gasteiger partial charge >= 0.3 is 0 Å². The van der Waals surface area contributed by atoms with Gasteiger partial charge < -0.3 is 19.3 Å². The van der Waals surface area contributed by atoms with Gasteiger partial charge in [-0.05, 0) is 18.3 Å². The van der Waals surface area contributed by atoms with E-state index < -0.39 is 0 Å². The maximum Gasteiger partial charge on any atom is 0.226 e. The smallest absolute Gasteiger partial charge is 0.226 e. The lowest BCUT2D eigenvalue weighted by atomic mass is 10.1. The minimum Gasteiger partial charge on any atom is -0.381 e. The van der Waals surface area contributed by atoms with E-state index in [1.54, 1.807) is 6.33 Å². The number of hydrogen-bond acceptors (Lipinski definition) is 6. The van der Waals surface area contributed by atoms with Crippen molar-refractivity contribution < 1.29 is 14.3 Å². The molecule has 3 fully saturated rings. The lowest BCUT2D eigenvalue weighted by molar-refractivity contribution is -0.133. The lowest BCUT2D eigenvalue weighted by Gasteiger charge is -2.29. The molecular weight excluding hydrogens is 320 g/mol. The number of aromatic nitrogens is 2. The number of hydrogen-bond donors (Lipinski definition) is 0. The van der Waals surface area contributed by atoms with Crippen LogP contribution in [-0.2, 0) is 27.1 Å². The fraction of sp³-hybridized carbons (Fsp3) is 0.722. The highest BCUT2D eigenvalue weighted by atomic mass is 16.5. The highest BCUT2D eigenvalue weighted by molar-refractivity contribution is 5.82. The number of nitrogens with zero attached hydrogens (tertiary/aromatic N) is 4. The molecule has 0 aromatic carbocycles. The Morgan fingerprint density at radius 3 is 2.56 bits per heavy atom. The summed E-state index contributed by atoms with van der Waals surface area (Å²) >= 11 is 0. The maximum absolute atomic E-state index is 12.9. The van der Waals surface area contributed by atoms with Gasteiger partial charge in [-0.25, -0.2) is 9.97 Å². The van der Waals surface area contributed by atoms with E-state index in [1.807, 2.05) is 4.90 Å². The van der Waals surface area contributed by atoms with Crippen molar-refractivity contribution >= 4 is 11.7 Å². The third kappa shape index (κ3) is 2.69. The summed E-state index contributed by atoms with van der Waals surface area (Å²) < 4.78 is 10.9. The van der Waals surface area contributed by atoms with Gasteiger partial charge in [-0.1, -0.05) is 0 Å². The number of carbonyl (C=O) groups is 1. The monoisotopic (exact) mass is 344 g/mol. The zero-order valence-corrected chi connectivity index (χ0v) is 14.4. The summed E-state index contributed by atoms with van der Waals surface area (Å²) in [5.41, 5.74) is 2.32. The van der Waals surface area contributed by atoms with Crippen LogP contribution in [0.25, 0.3) is 0 Å². The van der Waals surface area contributed by atoms with Crippen molar-refractivity contribution in [1.29, 1.82) is 0 Å². The minimum atomic E-state index is 0.208. The molecule has 4 heterocycles. The molecule has 0 N–H and O–H groups in total. The summed E-state index contributed by atoms with van der Waals surface area (Å²) in [4.78, 5) is 26.3. The predicted octanol–water partition coefficient (Wildman–Crippen LogP) is 0.133. The van der Waals surface area contributed by atoms with E-state index >= 15 is 0 Å². The highest BCUT2D eigenvalue weighted by Crippen LogP contribution is 2.51. The Balaban J connectivity index is 1.32. The van der Waals surface area contributed by atoms with Crippen LogP contribution in [0, 0.1) is 17.8 Å². The molecular formula is C18H24N4O3. The van der Waals surface area contributed by atoms with E-state index in [2.05, 4.69) is 14.9 Å². The molecule has 0 bridgehead atoms. The van der Waals surface area contributed by atoms with Crippen molar-refractivity contribution in [3.8, 4) is 0 Å². The van der Waals surface area contributed by atoms with Crippen LogP contribution in [0.5, 0.6) is 0 Å². The SMILES string of the molecule is O=C(C1[C@H]2COC[C@@H]12)N1CCc2ncnc(N3CCOCC3)c2CC1. The van der Waals surface area contributed by atoms with Gasteiger partial charge in [0.1, 0.15) is 12.1 Å². The minimum absolute atomic E-state index is 0.208. The molecule has 25 heavy (non-hydrogen) atoms. The van der Waals surface area contributed by atoms with E-state index in [4.69, 9.17) is 9.47 Å². The molecule has 1 saturated carbocycles. The van der Waals surface area contributed by atoms with Crippen molar-refractivity contribution in [3.05, 3.63) is 17.6 Å². The normalized spacial score (nSPS) is 31.3. The molecule has 1 aromatic heterocycles. The molecule has 134 valence electrons. The Hall–Kier alpha value is -1.73. The van der Waals surface area contributed by atoms with Crippen molar-refractivity contribution in [2.24, 2.45) is 17.8 Å². The van der Waals surface area contributed by atoms with Gasteiger partial charge in [0, 0.05) is 44.1 Å². The Labute approximate surface area is 147 Å². The fourth-order valence-electron chi connectivity index (χ4n) is 4.59. The van der Waals surface area contributed by atoms with Crippen molar-refractivity contribution in [1.82, 2.24) is 14.9 Å². The second-order valence-electron chi connectivity index (χ2n) is 7.44. The number of rotatable bonds is 2. The molecule has 0 spiro atoms. The second kappa shape index (κ2) is 6.21. The predicted molar refractivity (Wildman–Crippen MR) is 90.3 cm³/mol.